The van der Waals surface area contributed by atoms with Crippen LogP contribution in [-0.4, -0.2) is 61.8 Å². The van der Waals surface area contributed by atoms with E-state index in [0.29, 0.717) is 30.6 Å². The van der Waals surface area contributed by atoms with Crippen LogP contribution >= 0.6 is 11.3 Å². The van der Waals surface area contributed by atoms with Crippen molar-refractivity contribution in [3.8, 4) is 17.2 Å². The van der Waals surface area contributed by atoms with E-state index in [1.165, 1.54) is 11.3 Å². The molecule has 0 aliphatic carbocycles. The predicted octanol–water partition coefficient (Wildman–Crippen LogP) is 4.85. The van der Waals surface area contributed by atoms with E-state index in [9.17, 15) is 4.79 Å². The summed E-state index contributed by atoms with van der Waals surface area (Å²) in [6.45, 7) is 12.5. The number of amides is 1. The number of anilines is 1. The molecular formula is C25H33N3O4S. The highest BCUT2D eigenvalue weighted by molar-refractivity contribution is 7.22. The monoisotopic (exact) mass is 471 g/mol. The van der Waals surface area contributed by atoms with E-state index in [0.717, 1.165) is 41.3 Å². The Hall–Kier alpha value is -2.84. The fourth-order valence-corrected chi connectivity index (χ4v) is 4.43. The first-order valence-electron chi connectivity index (χ1n) is 11.5. The SMILES string of the molecule is CCOc1ccc(OCC(=O)N(CCN(CC)CC)c2nc3ccc(OCC)cc3s2)cc1. The minimum Gasteiger partial charge on any atom is -0.494 e. The highest BCUT2D eigenvalue weighted by Gasteiger charge is 2.21. The van der Waals surface area contributed by atoms with E-state index in [-0.39, 0.29) is 12.5 Å². The van der Waals surface area contributed by atoms with Crippen LogP contribution in [-0.2, 0) is 4.79 Å². The number of hydrogen-bond donors (Lipinski definition) is 0. The molecule has 1 amide bonds. The summed E-state index contributed by atoms with van der Waals surface area (Å²) < 4.78 is 17.8. The highest BCUT2D eigenvalue weighted by atomic mass is 32.1. The van der Waals surface area contributed by atoms with Gasteiger partial charge < -0.3 is 19.1 Å². The molecule has 8 heteroatoms. The van der Waals surface area contributed by atoms with Gasteiger partial charge in [-0.3, -0.25) is 9.69 Å². The number of thiazole rings is 1. The number of aromatic nitrogens is 1. The average Bonchev–Trinajstić information content (AvgIpc) is 3.24. The van der Waals surface area contributed by atoms with Gasteiger partial charge in [-0.2, -0.15) is 0 Å². The Labute approximate surface area is 199 Å². The molecule has 2 aromatic carbocycles. The lowest BCUT2D eigenvalue weighted by molar-refractivity contribution is -0.120. The van der Waals surface area contributed by atoms with E-state index in [1.54, 1.807) is 4.90 Å². The van der Waals surface area contributed by atoms with Crippen LogP contribution in [0.5, 0.6) is 17.2 Å². The normalized spacial score (nSPS) is 11.1. The van der Waals surface area contributed by atoms with Crippen molar-refractivity contribution >= 4 is 32.6 Å². The lowest BCUT2D eigenvalue weighted by Crippen LogP contribution is -2.41. The van der Waals surface area contributed by atoms with Crippen molar-refractivity contribution in [2.75, 3.05) is 50.9 Å². The van der Waals surface area contributed by atoms with Crippen molar-refractivity contribution in [3.05, 3.63) is 42.5 Å². The van der Waals surface area contributed by atoms with Crippen molar-refractivity contribution in [1.29, 1.82) is 0 Å². The summed E-state index contributed by atoms with van der Waals surface area (Å²) in [5, 5.41) is 0.672. The molecule has 0 atom stereocenters. The molecule has 0 aliphatic rings. The van der Waals surface area contributed by atoms with Crippen molar-refractivity contribution in [1.82, 2.24) is 9.88 Å². The Balaban J connectivity index is 1.76. The number of hydrogen-bond acceptors (Lipinski definition) is 7. The maximum Gasteiger partial charge on any atom is 0.266 e. The number of ether oxygens (including phenoxy) is 3. The third-order valence-corrected chi connectivity index (χ3v) is 6.26. The van der Waals surface area contributed by atoms with Crippen molar-refractivity contribution in [2.24, 2.45) is 0 Å². The first-order chi connectivity index (χ1) is 16.1. The van der Waals surface area contributed by atoms with Crippen molar-refractivity contribution in [2.45, 2.75) is 27.7 Å². The first kappa shape index (κ1) is 24.8. The van der Waals surface area contributed by atoms with Crippen LogP contribution in [0.15, 0.2) is 42.5 Å². The maximum atomic E-state index is 13.2. The zero-order chi connectivity index (χ0) is 23.6. The van der Waals surface area contributed by atoms with E-state index < -0.39 is 0 Å². The van der Waals surface area contributed by atoms with E-state index in [4.69, 9.17) is 19.2 Å². The number of nitrogens with zero attached hydrogens (tertiary/aromatic N) is 3. The second kappa shape index (κ2) is 12.4. The highest BCUT2D eigenvalue weighted by Crippen LogP contribution is 2.31. The Morgan fingerprint density at radius 3 is 2.09 bits per heavy atom. The summed E-state index contributed by atoms with van der Waals surface area (Å²) in [7, 11) is 0. The summed E-state index contributed by atoms with van der Waals surface area (Å²) in [4.78, 5) is 22.0. The van der Waals surface area contributed by atoms with Gasteiger partial charge in [-0.05, 0) is 69.4 Å². The Bertz CT molecular complexity index is 1020. The summed E-state index contributed by atoms with van der Waals surface area (Å²) in [6, 6.07) is 13.1. The van der Waals surface area contributed by atoms with Gasteiger partial charge in [-0.15, -0.1) is 0 Å². The van der Waals surface area contributed by atoms with Crippen LogP contribution in [0.4, 0.5) is 5.13 Å². The fraction of sp³-hybridized carbons (Fsp3) is 0.440. The largest absolute Gasteiger partial charge is 0.494 e. The third kappa shape index (κ3) is 6.82. The molecule has 1 heterocycles. The molecule has 0 radical (unpaired) electrons. The summed E-state index contributed by atoms with van der Waals surface area (Å²) in [5.74, 6) is 2.08. The summed E-state index contributed by atoms with van der Waals surface area (Å²) in [6.07, 6.45) is 0. The maximum absolute atomic E-state index is 13.2. The molecule has 178 valence electrons. The second-order valence-corrected chi connectivity index (χ2v) is 8.33. The Morgan fingerprint density at radius 2 is 1.45 bits per heavy atom. The standard InChI is InChI=1S/C25H33N3O4S/c1-5-27(6-2)15-16-28(24(29)18-32-20-11-9-19(10-12-20)30-7-3)25-26-22-14-13-21(31-8-4)17-23(22)33-25/h9-14,17H,5-8,15-16,18H2,1-4H3. The molecule has 3 rings (SSSR count). The molecule has 0 fully saturated rings. The van der Waals surface area contributed by atoms with E-state index in [2.05, 4.69) is 18.7 Å². The lowest BCUT2D eigenvalue weighted by Gasteiger charge is -2.24. The van der Waals surface area contributed by atoms with Crippen molar-refractivity contribution in [3.63, 3.8) is 0 Å². The van der Waals surface area contributed by atoms with Crippen molar-refractivity contribution < 1.29 is 19.0 Å². The molecule has 33 heavy (non-hydrogen) atoms. The molecule has 3 aromatic rings. The molecule has 1 aromatic heterocycles. The molecule has 0 aliphatic heterocycles. The number of fused-ring (bicyclic) bond motifs is 1. The molecule has 0 bridgehead atoms. The molecule has 7 nitrogen and oxygen atoms in total. The van der Waals surface area contributed by atoms with E-state index in [1.807, 2.05) is 56.3 Å². The molecule has 0 spiro atoms. The zero-order valence-electron chi connectivity index (χ0n) is 19.9. The zero-order valence-corrected chi connectivity index (χ0v) is 20.7. The van der Waals surface area contributed by atoms with Gasteiger partial charge in [0, 0.05) is 13.1 Å². The minimum absolute atomic E-state index is 0.0631. The van der Waals surface area contributed by atoms with Crippen LogP contribution in [0.3, 0.4) is 0 Å². The molecule has 0 unspecified atom stereocenters. The third-order valence-electron chi connectivity index (χ3n) is 5.22. The van der Waals surface area contributed by atoms with Gasteiger partial charge in [0.05, 0.1) is 23.4 Å². The first-order valence-corrected chi connectivity index (χ1v) is 12.3. The second-order valence-electron chi connectivity index (χ2n) is 7.32. The number of benzene rings is 2. The number of likely N-dealkylation sites (N-methyl/N-ethyl adjacent to an activating group) is 1. The van der Waals surface area contributed by atoms with Gasteiger partial charge >= 0.3 is 0 Å². The Morgan fingerprint density at radius 1 is 0.848 bits per heavy atom. The number of rotatable bonds is 13. The Kier molecular flexibility index (Phi) is 9.33. The smallest absolute Gasteiger partial charge is 0.266 e. The van der Waals surface area contributed by atoms with Gasteiger partial charge in [-0.25, -0.2) is 4.98 Å². The summed E-state index contributed by atoms with van der Waals surface area (Å²) in [5.41, 5.74) is 0.853. The van der Waals surface area contributed by atoms with Crippen LogP contribution in [0.25, 0.3) is 10.2 Å². The predicted molar refractivity (Wildman–Crippen MR) is 134 cm³/mol. The van der Waals surface area contributed by atoms with Gasteiger partial charge in [-0.1, -0.05) is 25.2 Å². The van der Waals surface area contributed by atoms with Crippen LogP contribution in [0, 0.1) is 0 Å². The van der Waals surface area contributed by atoms with E-state index >= 15 is 0 Å². The topological polar surface area (TPSA) is 64.1 Å². The van der Waals surface area contributed by atoms with Crippen LogP contribution in [0.1, 0.15) is 27.7 Å². The van der Waals surface area contributed by atoms with Gasteiger partial charge in [0.25, 0.3) is 5.91 Å². The van der Waals surface area contributed by atoms with Crippen LogP contribution < -0.4 is 19.1 Å². The fourth-order valence-electron chi connectivity index (χ4n) is 3.39. The van der Waals surface area contributed by atoms with Gasteiger partial charge in [0.15, 0.2) is 11.7 Å². The van der Waals surface area contributed by atoms with Crippen LogP contribution in [0.2, 0.25) is 0 Å². The van der Waals surface area contributed by atoms with Gasteiger partial charge in [0.2, 0.25) is 0 Å². The summed E-state index contributed by atoms with van der Waals surface area (Å²) >= 11 is 1.49. The number of carbonyl (C=O) groups excluding carboxylic acids is 1. The molecule has 0 saturated carbocycles. The molecule has 0 saturated heterocycles. The lowest BCUT2D eigenvalue weighted by atomic mass is 10.3. The minimum atomic E-state index is -0.125. The van der Waals surface area contributed by atoms with Gasteiger partial charge in [0.1, 0.15) is 17.2 Å². The number of carbonyl (C=O) groups is 1. The quantitative estimate of drug-likeness (QED) is 0.355. The average molecular weight is 472 g/mol. The molecular weight excluding hydrogens is 438 g/mol. The molecule has 0 N–H and O–H groups in total.